The molecule has 1 aliphatic heterocycles. The van der Waals surface area contributed by atoms with Crippen LogP contribution < -0.4 is 0 Å². The molecule has 116 valence electrons. The largest absolute Gasteiger partial charge is 0.481 e. The van der Waals surface area contributed by atoms with Gasteiger partial charge in [-0.05, 0) is 17.0 Å². The van der Waals surface area contributed by atoms with Crippen LogP contribution in [0.25, 0.3) is 0 Å². The van der Waals surface area contributed by atoms with Crippen LogP contribution in [-0.4, -0.2) is 48.5 Å². The van der Waals surface area contributed by atoms with E-state index in [0.29, 0.717) is 11.5 Å². The molecule has 1 aromatic heterocycles. The third-order valence-electron chi connectivity index (χ3n) is 3.47. The van der Waals surface area contributed by atoms with Gasteiger partial charge in [0.1, 0.15) is 0 Å². The maximum Gasteiger partial charge on any atom is 0.308 e. The van der Waals surface area contributed by atoms with Crippen molar-refractivity contribution in [3.8, 4) is 0 Å². The summed E-state index contributed by atoms with van der Waals surface area (Å²) in [5.41, 5.74) is 0.824. The molecule has 0 saturated carbocycles. The highest BCUT2D eigenvalue weighted by Gasteiger charge is 2.44. The van der Waals surface area contributed by atoms with E-state index in [1.54, 1.807) is 11.4 Å². The first kappa shape index (κ1) is 15.8. The van der Waals surface area contributed by atoms with Crippen LogP contribution in [-0.2, 0) is 16.1 Å². The first-order valence-electron chi connectivity index (χ1n) is 6.30. The van der Waals surface area contributed by atoms with E-state index in [9.17, 15) is 18.4 Å². The Labute approximate surface area is 124 Å². The summed E-state index contributed by atoms with van der Waals surface area (Å²) < 4.78 is 30.7. The molecule has 2 heterocycles. The first-order valence-corrected chi connectivity index (χ1v) is 7.18. The van der Waals surface area contributed by atoms with E-state index in [2.05, 4.69) is 0 Å². The number of carbonyl (C=O) groups excluding carboxylic acids is 1. The first-order chi connectivity index (χ1) is 9.93. The van der Waals surface area contributed by atoms with Crippen LogP contribution in [0.1, 0.15) is 15.2 Å². The second-order valence-corrected chi connectivity index (χ2v) is 5.82. The predicted octanol–water partition coefficient (Wildman–Crippen LogP) is 1.93. The van der Waals surface area contributed by atoms with E-state index in [4.69, 9.17) is 9.84 Å². The number of methoxy groups -OCH3 is 1. The van der Waals surface area contributed by atoms with E-state index >= 15 is 0 Å². The fourth-order valence-corrected chi connectivity index (χ4v) is 3.26. The molecule has 21 heavy (non-hydrogen) atoms. The summed E-state index contributed by atoms with van der Waals surface area (Å²) in [4.78, 5) is 24.9. The topological polar surface area (TPSA) is 66.8 Å². The summed E-state index contributed by atoms with van der Waals surface area (Å²) in [6.45, 7) is -0.0488. The lowest BCUT2D eigenvalue weighted by Crippen LogP contribution is -2.29. The molecule has 1 N–H and O–H groups in total. The van der Waals surface area contributed by atoms with Crippen molar-refractivity contribution < 1.29 is 28.2 Å². The van der Waals surface area contributed by atoms with Gasteiger partial charge in [0.15, 0.2) is 0 Å². The molecule has 2 atom stereocenters. The molecule has 8 heteroatoms. The highest BCUT2D eigenvalue weighted by Crippen LogP contribution is 2.31. The van der Waals surface area contributed by atoms with Crippen LogP contribution in [0.4, 0.5) is 8.78 Å². The Morgan fingerprint density at radius 3 is 2.76 bits per heavy atom. The summed E-state index contributed by atoms with van der Waals surface area (Å²) in [5, 5.41) is 10.7. The summed E-state index contributed by atoms with van der Waals surface area (Å²) in [7, 11) is 1.53. The standard InChI is InChI=1S/C13H15F2NO4S/c1-20-5-7-2-10(21-6-7)12(17)16-3-8(11(14)15)9(4-16)13(18)19/h2,6,8-9,11H,3-5H2,1H3,(H,18,19)/t8-,9-/m1/s1. The molecular weight excluding hydrogens is 304 g/mol. The van der Waals surface area contributed by atoms with Crippen molar-refractivity contribution in [2.24, 2.45) is 11.8 Å². The number of amides is 1. The van der Waals surface area contributed by atoms with Crippen molar-refractivity contribution in [1.82, 2.24) is 4.90 Å². The molecule has 1 amide bonds. The van der Waals surface area contributed by atoms with E-state index in [-0.39, 0.29) is 13.1 Å². The van der Waals surface area contributed by atoms with Crippen LogP contribution in [0.2, 0.25) is 0 Å². The quantitative estimate of drug-likeness (QED) is 0.900. The number of ether oxygens (including phenoxy) is 1. The van der Waals surface area contributed by atoms with Crippen molar-refractivity contribution in [1.29, 1.82) is 0 Å². The summed E-state index contributed by atoms with van der Waals surface area (Å²) in [6.07, 6.45) is -2.75. The number of carboxylic acids is 1. The number of nitrogens with zero attached hydrogens (tertiary/aromatic N) is 1. The number of hydrogen-bond acceptors (Lipinski definition) is 4. The van der Waals surface area contributed by atoms with Crippen molar-refractivity contribution in [3.63, 3.8) is 0 Å². The number of aliphatic carboxylic acids is 1. The van der Waals surface area contributed by atoms with Crippen molar-refractivity contribution in [3.05, 3.63) is 21.9 Å². The fourth-order valence-electron chi connectivity index (χ4n) is 2.40. The van der Waals surface area contributed by atoms with E-state index < -0.39 is 30.1 Å². The number of hydrogen-bond donors (Lipinski definition) is 1. The minimum Gasteiger partial charge on any atom is -0.481 e. The van der Waals surface area contributed by atoms with Crippen LogP contribution >= 0.6 is 11.3 Å². The zero-order valence-corrected chi connectivity index (χ0v) is 12.1. The van der Waals surface area contributed by atoms with E-state index in [1.807, 2.05) is 0 Å². The molecule has 1 fully saturated rings. The lowest BCUT2D eigenvalue weighted by molar-refractivity contribution is -0.144. The Morgan fingerprint density at radius 2 is 2.24 bits per heavy atom. The summed E-state index contributed by atoms with van der Waals surface area (Å²) in [5.74, 6) is -4.23. The van der Waals surface area contributed by atoms with Gasteiger partial charge in [0.2, 0.25) is 6.43 Å². The molecule has 1 aliphatic rings. The SMILES string of the molecule is COCc1csc(C(=O)N2C[C@@H](C(=O)O)[C@H](C(F)F)C2)c1. The third kappa shape index (κ3) is 3.38. The second-order valence-electron chi connectivity index (χ2n) is 4.91. The van der Waals surface area contributed by atoms with E-state index in [0.717, 1.165) is 5.56 Å². The van der Waals surface area contributed by atoms with Crippen LogP contribution in [0.15, 0.2) is 11.4 Å². The Hall–Kier alpha value is -1.54. The van der Waals surface area contributed by atoms with Gasteiger partial charge in [-0.3, -0.25) is 9.59 Å². The molecule has 0 spiro atoms. The Morgan fingerprint density at radius 1 is 1.52 bits per heavy atom. The Bertz CT molecular complexity index is 534. The Balaban J connectivity index is 2.11. The number of carbonyl (C=O) groups is 2. The Kier molecular flexibility index (Phi) is 4.89. The molecular formula is C13H15F2NO4S. The van der Waals surface area contributed by atoms with Crippen LogP contribution in [0, 0.1) is 11.8 Å². The molecule has 5 nitrogen and oxygen atoms in total. The average Bonchev–Trinajstić information content (AvgIpc) is 3.04. The van der Waals surface area contributed by atoms with Crippen molar-refractivity contribution >= 4 is 23.2 Å². The molecule has 2 rings (SSSR count). The van der Waals surface area contributed by atoms with Gasteiger partial charge in [-0.25, -0.2) is 8.78 Å². The molecule has 1 aromatic rings. The molecule has 1 saturated heterocycles. The summed E-state index contributed by atoms with van der Waals surface area (Å²) >= 11 is 1.20. The summed E-state index contributed by atoms with van der Waals surface area (Å²) in [6, 6.07) is 1.64. The van der Waals surface area contributed by atoms with Crippen molar-refractivity contribution in [2.75, 3.05) is 20.2 Å². The van der Waals surface area contributed by atoms with Crippen LogP contribution in [0.5, 0.6) is 0 Å². The lowest BCUT2D eigenvalue weighted by atomic mass is 9.97. The predicted molar refractivity (Wildman–Crippen MR) is 71.6 cm³/mol. The zero-order chi connectivity index (χ0) is 15.6. The number of halogens is 2. The monoisotopic (exact) mass is 319 g/mol. The average molecular weight is 319 g/mol. The lowest BCUT2D eigenvalue weighted by Gasteiger charge is -2.14. The number of thiophene rings is 1. The molecule has 0 unspecified atom stereocenters. The minimum absolute atomic E-state index is 0.180. The smallest absolute Gasteiger partial charge is 0.308 e. The highest BCUT2D eigenvalue weighted by molar-refractivity contribution is 7.12. The fraction of sp³-hybridized carbons (Fsp3) is 0.538. The van der Waals surface area contributed by atoms with Crippen molar-refractivity contribution in [2.45, 2.75) is 13.0 Å². The van der Waals surface area contributed by atoms with Crippen LogP contribution in [0.3, 0.4) is 0 Å². The van der Waals surface area contributed by atoms with E-state index in [1.165, 1.54) is 23.3 Å². The number of carboxylic acid groups (broad SMARTS) is 1. The third-order valence-corrected chi connectivity index (χ3v) is 4.44. The molecule has 0 radical (unpaired) electrons. The number of rotatable bonds is 5. The second kappa shape index (κ2) is 6.48. The maximum absolute atomic E-state index is 12.9. The van der Waals surface area contributed by atoms with Gasteiger partial charge in [0, 0.05) is 20.2 Å². The van der Waals surface area contributed by atoms with Gasteiger partial charge in [0.05, 0.1) is 23.3 Å². The number of alkyl halides is 2. The number of likely N-dealkylation sites (tertiary alicyclic amines) is 1. The maximum atomic E-state index is 12.9. The van der Waals surface area contributed by atoms with Gasteiger partial charge < -0.3 is 14.7 Å². The normalized spacial score (nSPS) is 22.0. The molecule has 0 bridgehead atoms. The minimum atomic E-state index is -2.75. The highest BCUT2D eigenvalue weighted by atomic mass is 32.1. The zero-order valence-electron chi connectivity index (χ0n) is 11.3. The van der Waals surface area contributed by atoms with Gasteiger partial charge in [-0.15, -0.1) is 11.3 Å². The van der Waals surface area contributed by atoms with Gasteiger partial charge in [-0.2, -0.15) is 0 Å². The van der Waals surface area contributed by atoms with Gasteiger partial charge >= 0.3 is 5.97 Å². The molecule has 0 aromatic carbocycles. The van der Waals surface area contributed by atoms with Gasteiger partial charge in [0.25, 0.3) is 5.91 Å². The molecule has 0 aliphatic carbocycles. The van der Waals surface area contributed by atoms with Gasteiger partial charge in [-0.1, -0.05) is 0 Å².